The Morgan fingerprint density at radius 3 is 2.73 bits per heavy atom. The number of thiophene rings is 1. The van der Waals surface area contributed by atoms with Crippen LogP contribution < -0.4 is 14.9 Å². The second kappa shape index (κ2) is 7.00. The Kier molecular flexibility index (Phi) is 4.14. The summed E-state index contributed by atoms with van der Waals surface area (Å²) in [7, 11) is 0. The maximum Gasteiger partial charge on any atom is 0.271 e. The molecule has 1 atom stereocenters. The Morgan fingerprint density at radius 1 is 1.03 bits per heavy atom. The Bertz CT molecular complexity index is 1460. The van der Waals surface area contributed by atoms with Crippen LogP contribution in [0.5, 0.6) is 0 Å². The van der Waals surface area contributed by atoms with Crippen molar-refractivity contribution < 1.29 is 0 Å². The van der Waals surface area contributed by atoms with Crippen molar-refractivity contribution in [1.82, 2.24) is 9.55 Å². The zero-order valence-electron chi connectivity index (χ0n) is 16.0. The number of fused-ring (bicyclic) bond motifs is 3. The molecule has 4 aromatic rings. The molecule has 1 aliphatic carbocycles. The molecular weight excluding hydrogens is 410 g/mol. The largest absolute Gasteiger partial charge is 0.271 e. The quantitative estimate of drug-likeness (QED) is 0.489. The minimum Gasteiger partial charge on any atom is -0.271 e. The Morgan fingerprint density at radius 2 is 1.90 bits per heavy atom. The van der Waals surface area contributed by atoms with Gasteiger partial charge in [0.15, 0.2) is 4.80 Å². The number of aryl methyl sites for hydroxylation is 1. The van der Waals surface area contributed by atoms with E-state index in [-0.39, 0.29) is 11.6 Å². The van der Waals surface area contributed by atoms with Crippen molar-refractivity contribution in [2.75, 3.05) is 0 Å². The highest BCUT2D eigenvalue weighted by Gasteiger charge is 2.32. The molecule has 1 aromatic carbocycles. The van der Waals surface area contributed by atoms with Crippen molar-refractivity contribution in [3.05, 3.63) is 113 Å². The van der Waals surface area contributed by atoms with E-state index < -0.39 is 0 Å². The summed E-state index contributed by atoms with van der Waals surface area (Å²) < 4.78 is 2.60. The van der Waals surface area contributed by atoms with E-state index in [2.05, 4.69) is 46.8 Å². The van der Waals surface area contributed by atoms with Gasteiger partial charge in [-0.05, 0) is 59.2 Å². The summed E-state index contributed by atoms with van der Waals surface area (Å²) in [4.78, 5) is 24.5. The number of aromatic nitrogens is 2. The molecular formula is C24H17N3OS2. The van der Waals surface area contributed by atoms with Gasteiger partial charge in [0.1, 0.15) is 0 Å². The summed E-state index contributed by atoms with van der Waals surface area (Å²) in [6, 6.07) is 16.4. The number of benzene rings is 1. The number of thiazole rings is 1. The molecule has 0 N–H and O–H groups in total. The lowest BCUT2D eigenvalue weighted by molar-refractivity contribution is 0.593. The Balaban J connectivity index is 1.64. The van der Waals surface area contributed by atoms with Crippen LogP contribution in [-0.4, -0.2) is 9.55 Å². The molecule has 0 amide bonds. The minimum absolute atomic E-state index is 0.0272. The molecule has 4 nitrogen and oxygen atoms in total. The van der Waals surface area contributed by atoms with E-state index in [1.807, 2.05) is 22.8 Å². The lowest BCUT2D eigenvalue weighted by Crippen LogP contribution is -2.38. The summed E-state index contributed by atoms with van der Waals surface area (Å²) in [5, 5.41) is 2.08. The molecule has 30 heavy (non-hydrogen) atoms. The van der Waals surface area contributed by atoms with Crippen LogP contribution in [-0.2, 0) is 6.42 Å². The van der Waals surface area contributed by atoms with Gasteiger partial charge >= 0.3 is 0 Å². The second-order valence-electron chi connectivity index (χ2n) is 7.41. The highest BCUT2D eigenvalue weighted by Crippen LogP contribution is 2.42. The third-order valence-electron chi connectivity index (χ3n) is 5.69. The third-order valence-corrected chi connectivity index (χ3v) is 7.60. The standard InChI is InChI=1S/C24H17N3OS2/c28-23-20(14-15-9-11-25-12-10-15)30-24-26-21-17-5-2-1-4-16(17)7-8-18(21)22(27(23)24)19-6-3-13-29-19/h1-6,9-14,22H,7-8H2/b20-14-/t22-/m1/s1. The summed E-state index contributed by atoms with van der Waals surface area (Å²) >= 11 is 3.17. The minimum atomic E-state index is -0.0794. The average Bonchev–Trinajstić information content (AvgIpc) is 3.42. The fraction of sp³-hybridized carbons (Fsp3) is 0.125. The SMILES string of the molecule is O=c1/c(=C/c2ccncc2)sc2n1[C@@H](c1cccs1)C1=C(N=2)c2ccccc2CC1. The van der Waals surface area contributed by atoms with Crippen LogP contribution in [0.1, 0.15) is 34.0 Å². The van der Waals surface area contributed by atoms with Gasteiger partial charge in [0.25, 0.3) is 5.56 Å². The maximum absolute atomic E-state index is 13.5. The first-order chi connectivity index (χ1) is 14.8. The van der Waals surface area contributed by atoms with Gasteiger partial charge in [-0.1, -0.05) is 41.7 Å². The third kappa shape index (κ3) is 2.75. The predicted octanol–water partition coefficient (Wildman–Crippen LogP) is 3.78. The van der Waals surface area contributed by atoms with E-state index in [0.29, 0.717) is 4.53 Å². The normalized spacial score (nSPS) is 17.9. The second-order valence-corrected chi connectivity index (χ2v) is 9.40. The Hall–Kier alpha value is -3.09. The van der Waals surface area contributed by atoms with E-state index in [0.717, 1.165) is 28.9 Å². The molecule has 6 rings (SSSR count). The van der Waals surface area contributed by atoms with Gasteiger partial charge in [-0.25, -0.2) is 4.99 Å². The molecule has 3 aromatic heterocycles. The smallest absolute Gasteiger partial charge is 0.271 e. The zero-order valence-corrected chi connectivity index (χ0v) is 17.6. The van der Waals surface area contributed by atoms with Gasteiger partial charge in [-0.3, -0.25) is 14.3 Å². The highest BCUT2D eigenvalue weighted by molar-refractivity contribution is 7.10. The molecule has 1 aliphatic heterocycles. The number of pyridine rings is 1. The predicted molar refractivity (Wildman–Crippen MR) is 121 cm³/mol. The van der Waals surface area contributed by atoms with Crippen molar-refractivity contribution in [2.24, 2.45) is 4.99 Å². The van der Waals surface area contributed by atoms with Crippen LogP contribution in [0.15, 0.2) is 81.7 Å². The van der Waals surface area contributed by atoms with Crippen LogP contribution >= 0.6 is 22.7 Å². The fourth-order valence-corrected chi connectivity index (χ4v) is 6.18. The van der Waals surface area contributed by atoms with Crippen molar-refractivity contribution >= 4 is 34.4 Å². The van der Waals surface area contributed by atoms with E-state index in [9.17, 15) is 4.79 Å². The molecule has 0 spiro atoms. The topological polar surface area (TPSA) is 47.2 Å². The van der Waals surface area contributed by atoms with Gasteiger partial charge in [0.05, 0.1) is 16.3 Å². The zero-order chi connectivity index (χ0) is 20.1. The monoisotopic (exact) mass is 427 g/mol. The molecule has 0 radical (unpaired) electrons. The molecule has 0 bridgehead atoms. The van der Waals surface area contributed by atoms with Gasteiger partial charge in [0.2, 0.25) is 0 Å². The first kappa shape index (κ1) is 17.7. The fourth-order valence-electron chi connectivity index (χ4n) is 4.33. The van der Waals surface area contributed by atoms with Gasteiger partial charge in [-0.2, -0.15) is 0 Å². The lowest BCUT2D eigenvalue weighted by Gasteiger charge is -2.30. The van der Waals surface area contributed by atoms with Crippen molar-refractivity contribution in [2.45, 2.75) is 18.9 Å². The molecule has 146 valence electrons. The van der Waals surface area contributed by atoms with Crippen LogP contribution in [0.2, 0.25) is 0 Å². The van der Waals surface area contributed by atoms with E-state index >= 15 is 0 Å². The summed E-state index contributed by atoms with van der Waals surface area (Å²) in [6.07, 6.45) is 7.33. The van der Waals surface area contributed by atoms with Gasteiger partial charge in [0, 0.05) is 22.8 Å². The molecule has 0 saturated heterocycles. The summed E-state index contributed by atoms with van der Waals surface area (Å²) in [6.45, 7) is 0. The molecule has 2 aliphatic rings. The summed E-state index contributed by atoms with van der Waals surface area (Å²) in [5.41, 5.74) is 5.83. The number of rotatable bonds is 2. The van der Waals surface area contributed by atoms with E-state index in [1.54, 1.807) is 23.7 Å². The average molecular weight is 428 g/mol. The molecule has 0 saturated carbocycles. The van der Waals surface area contributed by atoms with Gasteiger partial charge in [-0.15, -0.1) is 11.3 Å². The molecule has 6 heteroatoms. The van der Waals surface area contributed by atoms with E-state index in [1.165, 1.54) is 32.9 Å². The first-order valence-corrected chi connectivity index (χ1v) is 11.6. The lowest BCUT2D eigenvalue weighted by atomic mass is 9.85. The molecule has 4 heterocycles. The molecule has 0 unspecified atom stereocenters. The number of hydrogen-bond acceptors (Lipinski definition) is 5. The summed E-state index contributed by atoms with van der Waals surface area (Å²) in [5.74, 6) is 0. The maximum atomic E-state index is 13.5. The molecule has 0 fully saturated rings. The number of nitrogens with zero attached hydrogens (tertiary/aromatic N) is 3. The van der Waals surface area contributed by atoms with Crippen LogP contribution in [0, 0.1) is 0 Å². The van der Waals surface area contributed by atoms with E-state index in [4.69, 9.17) is 4.99 Å². The number of hydrogen-bond donors (Lipinski definition) is 0. The van der Waals surface area contributed by atoms with Crippen LogP contribution in [0.4, 0.5) is 0 Å². The van der Waals surface area contributed by atoms with Gasteiger partial charge < -0.3 is 0 Å². The number of allylic oxidation sites excluding steroid dienone is 1. The first-order valence-electron chi connectivity index (χ1n) is 9.86. The van der Waals surface area contributed by atoms with Crippen LogP contribution in [0.25, 0.3) is 11.8 Å². The van der Waals surface area contributed by atoms with Crippen LogP contribution in [0.3, 0.4) is 0 Å². The van der Waals surface area contributed by atoms with Crippen molar-refractivity contribution in [3.8, 4) is 0 Å². The highest BCUT2D eigenvalue weighted by atomic mass is 32.1. The van der Waals surface area contributed by atoms with Crippen molar-refractivity contribution in [1.29, 1.82) is 0 Å². The Labute approximate surface area is 180 Å². The van der Waals surface area contributed by atoms with Crippen molar-refractivity contribution in [3.63, 3.8) is 0 Å².